The van der Waals surface area contributed by atoms with E-state index in [1.165, 1.54) is 0 Å². The predicted molar refractivity (Wildman–Crippen MR) is 61.4 cm³/mol. The molecule has 15 heavy (non-hydrogen) atoms. The lowest BCUT2D eigenvalue weighted by Gasteiger charge is -1.96. The molecule has 0 unspecified atom stereocenters. The van der Waals surface area contributed by atoms with Crippen molar-refractivity contribution in [3.8, 4) is 0 Å². The minimum absolute atomic E-state index is 0.585. The van der Waals surface area contributed by atoms with Crippen LogP contribution in [0.2, 0.25) is 0 Å². The van der Waals surface area contributed by atoms with Crippen molar-refractivity contribution in [2.45, 2.75) is 6.92 Å². The third kappa shape index (κ3) is 3.67. The van der Waals surface area contributed by atoms with E-state index < -0.39 is 0 Å². The van der Waals surface area contributed by atoms with E-state index in [1.54, 1.807) is 6.08 Å². The van der Waals surface area contributed by atoms with Gasteiger partial charge in [0.1, 0.15) is 0 Å². The summed E-state index contributed by atoms with van der Waals surface area (Å²) in [5.41, 5.74) is 2.17. The van der Waals surface area contributed by atoms with Gasteiger partial charge >= 0.3 is 0 Å². The lowest BCUT2D eigenvalue weighted by atomic mass is 10.3. The van der Waals surface area contributed by atoms with E-state index in [1.807, 2.05) is 31.1 Å². The van der Waals surface area contributed by atoms with Gasteiger partial charge in [0.05, 0.1) is 26.0 Å². The van der Waals surface area contributed by atoms with Gasteiger partial charge in [-0.15, -0.1) is 6.58 Å². The van der Waals surface area contributed by atoms with E-state index >= 15 is 0 Å². The van der Waals surface area contributed by atoms with Gasteiger partial charge in [0, 0.05) is 24.5 Å². The Balaban J connectivity index is 2.32. The zero-order valence-electron chi connectivity index (χ0n) is 9.31. The Hall–Kier alpha value is -1.42. The average molecular weight is 207 g/mol. The molecule has 0 saturated heterocycles. The average Bonchev–Trinajstić information content (AvgIpc) is 2.54. The van der Waals surface area contributed by atoms with Crippen LogP contribution in [0.3, 0.4) is 0 Å². The van der Waals surface area contributed by atoms with Crippen LogP contribution in [0.4, 0.5) is 0 Å². The van der Waals surface area contributed by atoms with E-state index in [0.717, 1.165) is 11.3 Å². The fourth-order valence-electron chi connectivity index (χ4n) is 1.09. The monoisotopic (exact) mass is 207 g/mol. The molecule has 82 valence electrons. The van der Waals surface area contributed by atoms with E-state index in [9.17, 15) is 0 Å². The smallest absolute Gasteiger partial charge is 0.0666 e. The van der Waals surface area contributed by atoms with Crippen molar-refractivity contribution in [2.75, 3.05) is 19.8 Å². The molecule has 0 aliphatic carbocycles. The first kappa shape index (κ1) is 11.7. The predicted octanol–water partition coefficient (Wildman–Crippen LogP) is 1.35. The highest BCUT2D eigenvalue weighted by molar-refractivity contribution is 5.80. The van der Waals surface area contributed by atoms with Crippen LogP contribution in [-0.4, -0.2) is 35.8 Å². The zero-order chi connectivity index (χ0) is 11.1. The minimum atomic E-state index is 0.585. The lowest BCUT2D eigenvalue weighted by Crippen LogP contribution is -1.98. The number of aryl methyl sites for hydroxylation is 1. The van der Waals surface area contributed by atoms with Gasteiger partial charge in [-0.25, -0.2) is 0 Å². The normalized spacial score (nSPS) is 11.1. The topological polar surface area (TPSA) is 39.4 Å². The van der Waals surface area contributed by atoms with Gasteiger partial charge in [0.15, 0.2) is 0 Å². The molecule has 4 heteroatoms. The van der Waals surface area contributed by atoms with Crippen molar-refractivity contribution in [1.29, 1.82) is 0 Å². The number of rotatable bonds is 6. The molecule has 1 heterocycles. The molecule has 1 aromatic heterocycles. The third-order valence-electron chi connectivity index (χ3n) is 2.10. The summed E-state index contributed by atoms with van der Waals surface area (Å²) in [5.74, 6) is 0. The summed E-state index contributed by atoms with van der Waals surface area (Å²) >= 11 is 0. The van der Waals surface area contributed by atoms with Crippen molar-refractivity contribution in [2.24, 2.45) is 12.0 Å². The second kappa shape index (κ2) is 6.14. The molecule has 0 aliphatic heterocycles. The first-order valence-corrected chi connectivity index (χ1v) is 4.92. The van der Waals surface area contributed by atoms with Crippen LogP contribution in [0.5, 0.6) is 0 Å². The minimum Gasteiger partial charge on any atom is -0.375 e. The van der Waals surface area contributed by atoms with Gasteiger partial charge in [-0.1, -0.05) is 6.08 Å². The molecular formula is C11H17N3O. The van der Waals surface area contributed by atoms with Crippen molar-refractivity contribution >= 4 is 6.21 Å². The molecule has 0 radical (unpaired) electrons. The quantitative estimate of drug-likeness (QED) is 0.401. The number of nitrogens with zero attached hydrogens (tertiary/aromatic N) is 3. The highest BCUT2D eigenvalue weighted by atomic mass is 16.5. The number of hydrogen-bond donors (Lipinski definition) is 0. The summed E-state index contributed by atoms with van der Waals surface area (Å²) in [7, 11) is 1.92. The van der Waals surface area contributed by atoms with Gasteiger partial charge in [0.25, 0.3) is 0 Å². The second-order valence-electron chi connectivity index (χ2n) is 3.21. The molecule has 0 spiro atoms. The molecule has 0 aliphatic rings. The summed E-state index contributed by atoms with van der Waals surface area (Å²) < 4.78 is 7.03. The summed E-state index contributed by atoms with van der Waals surface area (Å²) in [5, 5.41) is 4.13. The van der Waals surface area contributed by atoms with Crippen LogP contribution < -0.4 is 0 Å². The summed E-state index contributed by atoms with van der Waals surface area (Å²) in [6.45, 7) is 7.46. The van der Waals surface area contributed by atoms with Crippen molar-refractivity contribution in [1.82, 2.24) is 9.78 Å². The van der Waals surface area contributed by atoms with Gasteiger partial charge in [-0.05, 0) is 6.92 Å². The molecule has 0 N–H and O–H groups in total. The van der Waals surface area contributed by atoms with Crippen molar-refractivity contribution < 1.29 is 4.74 Å². The molecule has 0 fully saturated rings. The molecule has 1 rings (SSSR count). The fraction of sp³-hybridized carbons (Fsp3) is 0.455. The van der Waals surface area contributed by atoms with Gasteiger partial charge in [-0.2, -0.15) is 5.10 Å². The molecule has 0 atom stereocenters. The van der Waals surface area contributed by atoms with Crippen molar-refractivity contribution in [3.05, 3.63) is 30.1 Å². The Morgan fingerprint density at radius 1 is 1.67 bits per heavy atom. The maximum absolute atomic E-state index is 5.20. The fourth-order valence-corrected chi connectivity index (χ4v) is 1.09. The number of hydrogen-bond acceptors (Lipinski definition) is 3. The van der Waals surface area contributed by atoms with E-state index in [-0.39, 0.29) is 0 Å². The van der Waals surface area contributed by atoms with Crippen LogP contribution >= 0.6 is 0 Å². The Kier molecular flexibility index (Phi) is 4.77. The highest BCUT2D eigenvalue weighted by Gasteiger charge is 1.98. The first-order valence-electron chi connectivity index (χ1n) is 4.92. The van der Waals surface area contributed by atoms with E-state index in [4.69, 9.17) is 4.74 Å². The molecule has 0 bridgehead atoms. The van der Waals surface area contributed by atoms with E-state index in [0.29, 0.717) is 19.8 Å². The van der Waals surface area contributed by atoms with Crippen LogP contribution in [0.1, 0.15) is 11.3 Å². The van der Waals surface area contributed by atoms with Gasteiger partial charge in [0.2, 0.25) is 0 Å². The number of ether oxygens (including phenoxy) is 1. The number of aromatic nitrogens is 2. The van der Waals surface area contributed by atoms with E-state index in [2.05, 4.69) is 16.7 Å². The Morgan fingerprint density at radius 3 is 3.07 bits per heavy atom. The maximum Gasteiger partial charge on any atom is 0.0666 e. The zero-order valence-corrected chi connectivity index (χ0v) is 9.31. The third-order valence-corrected chi connectivity index (χ3v) is 2.10. The Bertz CT molecular complexity index is 342. The second-order valence-corrected chi connectivity index (χ2v) is 3.21. The lowest BCUT2D eigenvalue weighted by molar-refractivity contribution is 0.171. The molecule has 0 saturated carbocycles. The maximum atomic E-state index is 5.20. The molecule has 0 amide bonds. The van der Waals surface area contributed by atoms with Crippen LogP contribution in [0.25, 0.3) is 0 Å². The standard InChI is InChI=1S/C11H17N3O/c1-4-6-15-7-5-12-8-11-9-13-14(3)10(11)2/h4,8-9H,1,5-7H2,2-3H3. The Morgan fingerprint density at radius 2 is 2.47 bits per heavy atom. The molecule has 1 aromatic rings. The number of aliphatic imine (C=N–C) groups is 1. The van der Waals surface area contributed by atoms with Gasteiger partial charge < -0.3 is 4.74 Å². The molecular weight excluding hydrogens is 190 g/mol. The van der Waals surface area contributed by atoms with Crippen LogP contribution in [0.15, 0.2) is 23.8 Å². The molecule has 4 nitrogen and oxygen atoms in total. The molecule has 0 aromatic carbocycles. The van der Waals surface area contributed by atoms with Crippen molar-refractivity contribution in [3.63, 3.8) is 0 Å². The summed E-state index contributed by atoms with van der Waals surface area (Å²) in [6.07, 6.45) is 5.37. The van der Waals surface area contributed by atoms with Crippen LogP contribution in [-0.2, 0) is 11.8 Å². The Labute approximate surface area is 90.3 Å². The summed E-state index contributed by atoms with van der Waals surface area (Å²) in [4.78, 5) is 4.25. The summed E-state index contributed by atoms with van der Waals surface area (Å²) in [6, 6.07) is 0. The van der Waals surface area contributed by atoms with Crippen LogP contribution in [0, 0.1) is 6.92 Å². The first-order chi connectivity index (χ1) is 7.25. The highest BCUT2D eigenvalue weighted by Crippen LogP contribution is 2.01. The largest absolute Gasteiger partial charge is 0.375 e. The SMILES string of the molecule is C=CCOCCN=Cc1cnn(C)c1C. The van der Waals surface area contributed by atoms with Gasteiger partial charge in [-0.3, -0.25) is 9.67 Å².